The van der Waals surface area contributed by atoms with Crippen molar-refractivity contribution in [3.8, 4) is 0 Å². The molecular weight excluding hydrogens is 331 g/mol. The van der Waals surface area contributed by atoms with Crippen molar-refractivity contribution in [3.63, 3.8) is 0 Å². The predicted octanol–water partition coefficient (Wildman–Crippen LogP) is 0.713. The maximum atomic E-state index is 5.64. The highest BCUT2D eigenvalue weighted by molar-refractivity contribution is 6.77. The van der Waals surface area contributed by atoms with Gasteiger partial charge < -0.3 is 19.1 Å². The van der Waals surface area contributed by atoms with Crippen molar-refractivity contribution >= 4 is 45.0 Å². The van der Waals surface area contributed by atoms with E-state index in [2.05, 4.69) is 73.9 Å². The Labute approximate surface area is 135 Å². The molecule has 0 fully saturated rings. The lowest BCUT2D eigenvalue weighted by molar-refractivity contribution is 0.352. The average Bonchev–Trinajstić information content (AvgIpc) is 2.05. The van der Waals surface area contributed by atoms with Crippen molar-refractivity contribution in [1.82, 2.24) is 14.9 Å². The van der Waals surface area contributed by atoms with Gasteiger partial charge in [-0.2, -0.15) is 0 Å². The lowest BCUT2D eigenvalue weighted by atomic mass is 10.5. The third kappa shape index (κ3) is 10.6. The first-order chi connectivity index (χ1) is 8.68. The van der Waals surface area contributed by atoms with Gasteiger partial charge in [-0.3, -0.25) is 0 Å². The maximum absolute atomic E-state index is 5.64. The van der Waals surface area contributed by atoms with Gasteiger partial charge >= 0.3 is 0 Å². The van der Waals surface area contributed by atoms with Gasteiger partial charge in [0.25, 0.3) is 0 Å². The van der Waals surface area contributed by atoms with E-state index in [0.717, 1.165) is 16.5 Å². The lowest BCUT2D eigenvalue weighted by Crippen LogP contribution is -2.79. The second kappa shape index (κ2) is 7.46. The fourth-order valence-corrected chi connectivity index (χ4v) is 9.67. The summed E-state index contributed by atoms with van der Waals surface area (Å²) in [5, 5.41) is 0. The molecule has 0 unspecified atom stereocenters. The van der Waals surface area contributed by atoms with E-state index >= 15 is 0 Å². The van der Waals surface area contributed by atoms with Gasteiger partial charge in [-0.15, -0.1) is 0 Å². The topological polar surface area (TPSA) is 45.3 Å². The molecule has 20 heavy (non-hydrogen) atoms. The summed E-state index contributed by atoms with van der Waals surface area (Å²) < 4.78 is 5.64. The van der Waals surface area contributed by atoms with Gasteiger partial charge in [0.1, 0.15) is 50.7 Å². The standard InChI is InChI=1S/C11H37N3OSi5/c1-18(2,3)12-11(10-17-15-16,13-19(4,5)6)14-20(7,8)9/h12-14H,10,17H2,1-9,16H3. The van der Waals surface area contributed by atoms with Crippen LogP contribution in [0.4, 0.5) is 0 Å². The Morgan fingerprint density at radius 3 is 1.30 bits per heavy atom. The fraction of sp³-hybridized carbons (Fsp3) is 1.00. The first-order valence-electron chi connectivity index (χ1n) is 7.55. The largest absolute Gasteiger partial charge is 0.468 e. The van der Waals surface area contributed by atoms with E-state index in [1.807, 2.05) is 0 Å². The first kappa shape index (κ1) is 20.9. The molecule has 122 valence electrons. The molecule has 0 amide bonds. The van der Waals surface area contributed by atoms with E-state index in [9.17, 15) is 0 Å². The molecular formula is C11H37N3OSi5. The molecule has 0 aliphatic rings. The van der Waals surface area contributed by atoms with Crippen molar-refractivity contribution in [2.45, 2.75) is 70.8 Å². The van der Waals surface area contributed by atoms with Gasteiger partial charge in [-0.1, -0.05) is 58.9 Å². The summed E-state index contributed by atoms with van der Waals surface area (Å²) in [6.07, 6.45) is 0. The highest BCUT2D eigenvalue weighted by Crippen LogP contribution is 2.16. The fourth-order valence-electron chi connectivity index (χ4n) is 2.46. The van der Waals surface area contributed by atoms with Crippen molar-refractivity contribution in [2.75, 3.05) is 0 Å². The smallest absolute Gasteiger partial charge is 0.150 e. The van der Waals surface area contributed by atoms with Crippen LogP contribution in [0.15, 0.2) is 0 Å². The van der Waals surface area contributed by atoms with Crippen molar-refractivity contribution in [3.05, 3.63) is 0 Å². The summed E-state index contributed by atoms with van der Waals surface area (Å²) in [7, 11) is -3.76. The molecule has 0 saturated heterocycles. The van der Waals surface area contributed by atoms with Gasteiger partial charge in [-0.25, -0.2) is 0 Å². The Kier molecular flexibility index (Phi) is 7.81. The third-order valence-electron chi connectivity index (χ3n) is 2.45. The summed E-state index contributed by atoms with van der Waals surface area (Å²) in [5.74, 6) is -0.101. The molecule has 0 atom stereocenters. The minimum absolute atomic E-state index is 0.101. The highest BCUT2D eigenvalue weighted by Gasteiger charge is 2.40. The van der Waals surface area contributed by atoms with Crippen molar-refractivity contribution in [1.29, 1.82) is 0 Å². The van der Waals surface area contributed by atoms with Gasteiger partial charge in [0, 0.05) is 6.04 Å². The maximum Gasteiger partial charge on any atom is 0.150 e. The van der Waals surface area contributed by atoms with Gasteiger partial charge in [0.2, 0.25) is 0 Å². The molecule has 0 aromatic heterocycles. The van der Waals surface area contributed by atoms with Crippen molar-refractivity contribution in [2.24, 2.45) is 0 Å². The SMILES string of the molecule is C[Si](C)(C)NC(C[SiH2]O[SiH3])(N[Si](C)(C)C)N[Si](C)(C)C. The third-order valence-corrected chi connectivity index (χ3v) is 8.56. The Bertz CT molecular complexity index is 255. The minimum atomic E-state index is -1.39. The molecule has 0 aromatic carbocycles. The van der Waals surface area contributed by atoms with E-state index in [-0.39, 0.29) is 5.79 Å². The number of rotatable bonds is 9. The second-order valence-corrected chi connectivity index (χ2v) is 26.2. The van der Waals surface area contributed by atoms with E-state index in [1.54, 1.807) is 0 Å². The van der Waals surface area contributed by atoms with Crippen LogP contribution in [0.5, 0.6) is 0 Å². The van der Waals surface area contributed by atoms with Crippen molar-refractivity contribution < 1.29 is 4.12 Å². The molecule has 9 heteroatoms. The molecule has 0 rings (SSSR count). The van der Waals surface area contributed by atoms with E-state index in [4.69, 9.17) is 4.12 Å². The van der Waals surface area contributed by atoms with Crippen LogP contribution in [0.3, 0.4) is 0 Å². The summed E-state index contributed by atoms with van der Waals surface area (Å²) in [6.45, 7) is 21.4. The molecule has 0 aromatic rings. The van der Waals surface area contributed by atoms with Crippen LogP contribution in [0.2, 0.25) is 65.0 Å². The van der Waals surface area contributed by atoms with Crippen LogP contribution in [0.1, 0.15) is 0 Å². The molecule has 0 spiro atoms. The quantitative estimate of drug-likeness (QED) is 0.415. The van der Waals surface area contributed by atoms with Crippen LogP contribution in [0, 0.1) is 0 Å². The molecule has 0 radical (unpaired) electrons. The molecule has 4 nitrogen and oxygen atoms in total. The van der Waals surface area contributed by atoms with Crippen LogP contribution in [-0.2, 0) is 4.12 Å². The number of hydrogen-bond donors (Lipinski definition) is 3. The first-order valence-corrected chi connectivity index (χ1v) is 20.4. The number of nitrogens with one attached hydrogen (secondary N) is 3. The molecule has 0 aliphatic carbocycles. The van der Waals surface area contributed by atoms with Crippen LogP contribution in [0.25, 0.3) is 0 Å². The van der Waals surface area contributed by atoms with Gasteiger partial charge in [-0.05, 0) is 0 Å². The Morgan fingerprint density at radius 2 is 1.10 bits per heavy atom. The monoisotopic (exact) mass is 367 g/mol. The summed E-state index contributed by atoms with van der Waals surface area (Å²) in [5.41, 5.74) is 0. The van der Waals surface area contributed by atoms with E-state index < -0.39 is 34.5 Å². The van der Waals surface area contributed by atoms with E-state index in [0.29, 0.717) is 0 Å². The van der Waals surface area contributed by atoms with E-state index in [1.165, 1.54) is 0 Å². The van der Waals surface area contributed by atoms with Gasteiger partial charge in [0.05, 0.1) is 0 Å². The Morgan fingerprint density at radius 1 is 0.800 bits per heavy atom. The zero-order valence-corrected chi connectivity index (χ0v) is 21.7. The molecule has 0 saturated carbocycles. The normalized spacial score (nSPS) is 15.4. The van der Waals surface area contributed by atoms with Crippen LogP contribution in [-0.4, -0.2) is 50.7 Å². The summed E-state index contributed by atoms with van der Waals surface area (Å²) >= 11 is 0. The second-order valence-electron chi connectivity index (χ2n) is 8.77. The lowest BCUT2D eigenvalue weighted by Gasteiger charge is -2.48. The van der Waals surface area contributed by atoms with Gasteiger partial charge in [0.15, 0.2) is 0 Å². The molecule has 0 aliphatic heterocycles. The minimum Gasteiger partial charge on any atom is -0.468 e. The Balaban J connectivity index is 5.38. The summed E-state index contributed by atoms with van der Waals surface area (Å²) in [4.78, 5) is 11.9. The number of hydrogen-bond acceptors (Lipinski definition) is 4. The molecule has 0 bridgehead atoms. The Hall–Kier alpha value is 0.924. The average molecular weight is 368 g/mol. The summed E-state index contributed by atoms with van der Waals surface area (Å²) in [6, 6.07) is 1.12. The zero-order chi connectivity index (χ0) is 16.2. The molecule has 3 N–H and O–H groups in total. The van der Waals surface area contributed by atoms with Crippen LogP contribution < -0.4 is 14.9 Å². The zero-order valence-electron chi connectivity index (χ0n) is 15.3. The molecule has 0 heterocycles. The highest BCUT2D eigenvalue weighted by atomic mass is 28.3. The van der Waals surface area contributed by atoms with Crippen LogP contribution >= 0.6 is 0 Å². The predicted molar refractivity (Wildman–Crippen MR) is 107 cm³/mol.